The van der Waals surface area contributed by atoms with Crippen LogP contribution in [0.5, 0.6) is 0 Å². The summed E-state index contributed by atoms with van der Waals surface area (Å²) in [6.45, 7) is 0. The molecule has 1 aliphatic carbocycles. The van der Waals surface area contributed by atoms with E-state index in [2.05, 4.69) is 5.32 Å². The highest BCUT2D eigenvalue weighted by molar-refractivity contribution is 7.16. The van der Waals surface area contributed by atoms with Crippen molar-refractivity contribution in [1.82, 2.24) is 5.32 Å². The second-order valence-electron chi connectivity index (χ2n) is 5.31. The van der Waals surface area contributed by atoms with E-state index in [1.165, 1.54) is 11.3 Å². The predicted molar refractivity (Wildman–Crippen MR) is 79.2 cm³/mol. The number of nitrogens with one attached hydrogen (secondary N) is 1. The number of halogens is 1. The largest absolute Gasteiger partial charge is 0.481 e. The highest BCUT2D eigenvalue weighted by atomic mass is 35.5. The molecule has 1 aliphatic rings. The van der Waals surface area contributed by atoms with Crippen LogP contribution in [0.4, 0.5) is 0 Å². The Morgan fingerprint density at radius 1 is 1.35 bits per heavy atom. The minimum Gasteiger partial charge on any atom is -0.481 e. The van der Waals surface area contributed by atoms with Crippen LogP contribution in [0.1, 0.15) is 43.4 Å². The van der Waals surface area contributed by atoms with Gasteiger partial charge >= 0.3 is 5.97 Å². The molecule has 0 saturated heterocycles. The fourth-order valence-corrected chi connectivity index (χ4v) is 3.86. The Kier molecular flexibility index (Phi) is 5.05. The van der Waals surface area contributed by atoms with E-state index in [1.54, 1.807) is 0 Å². The van der Waals surface area contributed by atoms with Crippen LogP contribution in [0.25, 0.3) is 0 Å². The van der Waals surface area contributed by atoms with Crippen molar-refractivity contribution in [2.75, 3.05) is 0 Å². The third-order valence-electron chi connectivity index (χ3n) is 3.68. The summed E-state index contributed by atoms with van der Waals surface area (Å²) in [7, 11) is 0. The molecular weight excluding hydrogens is 298 g/mol. The summed E-state index contributed by atoms with van der Waals surface area (Å²) in [6, 6.07) is 3.74. The zero-order chi connectivity index (χ0) is 14.6. The minimum absolute atomic E-state index is 0.0174. The number of carboxylic acids is 1. The van der Waals surface area contributed by atoms with Crippen LogP contribution in [0, 0.1) is 0 Å². The van der Waals surface area contributed by atoms with Crippen molar-refractivity contribution in [2.24, 2.45) is 0 Å². The summed E-state index contributed by atoms with van der Waals surface area (Å²) in [6.07, 6.45) is 4.52. The summed E-state index contributed by atoms with van der Waals surface area (Å²) >= 11 is 7.32. The van der Waals surface area contributed by atoms with Gasteiger partial charge in [0.1, 0.15) is 0 Å². The Morgan fingerprint density at radius 2 is 2.05 bits per heavy atom. The van der Waals surface area contributed by atoms with Crippen LogP contribution < -0.4 is 5.32 Å². The highest BCUT2D eigenvalue weighted by Gasteiger charge is 2.37. The molecule has 1 fully saturated rings. The molecular formula is C14H18ClNO3S. The van der Waals surface area contributed by atoms with Crippen LogP contribution in [0.2, 0.25) is 4.34 Å². The number of carbonyl (C=O) groups is 2. The average molecular weight is 316 g/mol. The average Bonchev–Trinajstić information content (AvgIpc) is 2.95. The second-order valence-corrected chi connectivity index (χ2v) is 7.11. The van der Waals surface area contributed by atoms with Crippen molar-refractivity contribution in [2.45, 2.75) is 50.5 Å². The van der Waals surface area contributed by atoms with Gasteiger partial charge in [-0.15, -0.1) is 11.3 Å². The van der Waals surface area contributed by atoms with Crippen LogP contribution in [0.15, 0.2) is 12.1 Å². The molecule has 1 heterocycles. The molecule has 0 aliphatic heterocycles. The van der Waals surface area contributed by atoms with E-state index < -0.39 is 11.5 Å². The quantitative estimate of drug-likeness (QED) is 0.847. The Labute approximate surface area is 127 Å². The molecule has 1 amide bonds. The lowest BCUT2D eigenvalue weighted by atomic mass is 9.93. The molecule has 0 unspecified atom stereocenters. The Hall–Kier alpha value is -1.07. The van der Waals surface area contributed by atoms with E-state index >= 15 is 0 Å². The van der Waals surface area contributed by atoms with Crippen molar-refractivity contribution in [3.63, 3.8) is 0 Å². The number of hydrogen-bond donors (Lipinski definition) is 2. The topological polar surface area (TPSA) is 66.4 Å². The van der Waals surface area contributed by atoms with Gasteiger partial charge in [-0.3, -0.25) is 9.59 Å². The van der Waals surface area contributed by atoms with Gasteiger partial charge in [-0.1, -0.05) is 24.4 Å². The van der Waals surface area contributed by atoms with Gasteiger partial charge in [0, 0.05) is 11.3 Å². The van der Waals surface area contributed by atoms with Gasteiger partial charge in [0.05, 0.1) is 16.3 Å². The van der Waals surface area contributed by atoms with Gasteiger partial charge in [0.25, 0.3) is 0 Å². The zero-order valence-corrected chi connectivity index (χ0v) is 12.7. The summed E-state index contributed by atoms with van der Waals surface area (Å²) in [4.78, 5) is 24.1. The molecule has 0 spiro atoms. The zero-order valence-electron chi connectivity index (χ0n) is 11.2. The number of carbonyl (C=O) groups excluding carboxylic acids is 1. The monoisotopic (exact) mass is 315 g/mol. The summed E-state index contributed by atoms with van der Waals surface area (Å²) < 4.78 is 0.721. The molecule has 2 N–H and O–H groups in total. The van der Waals surface area contributed by atoms with Gasteiger partial charge in [-0.2, -0.15) is 0 Å². The van der Waals surface area contributed by atoms with E-state index in [1.807, 2.05) is 12.1 Å². The molecule has 0 aromatic carbocycles. The number of rotatable bonds is 6. The first kappa shape index (κ1) is 15.3. The smallest absolute Gasteiger partial charge is 0.305 e. The fraction of sp³-hybridized carbons (Fsp3) is 0.571. The number of carboxylic acid groups (broad SMARTS) is 1. The summed E-state index contributed by atoms with van der Waals surface area (Å²) in [5, 5.41) is 12.0. The second kappa shape index (κ2) is 6.59. The Balaban J connectivity index is 1.87. The normalized spacial score (nSPS) is 17.1. The molecule has 1 aromatic rings. The van der Waals surface area contributed by atoms with E-state index in [-0.39, 0.29) is 12.3 Å². The van der Waals surface area contributed by atoms with Crippen LogP contribution in [-0.4, -0.2) is 22.5 Å². The number of aliphatic carboxylic acids is 1. The highest BCUT2D eigenvalue weighted by Crippen LogP contribution is 2.32. The molecule has 0 atom stereocenters. The van der Waals surface area contributed by atoms with E-state index in [9.17, 15) is 9.59 Å². The van der Waals surface area contributed by atoms with E-state index in [0.717, 1.165) is 34.9 Å². The molecule has 0 radical (unpaired) electrons. The lowest BCUT2D eigenvalue weighted by molar-refractivity contribution is -0.139. The Morgan fingerprint density at radius 3 is 2.60 bits per heavy atom. The van der Waals surface area contributed by atoms with Gasteiger partial charge in [0.2, 0.25) is 5.91 Å². The number of aryl methyl sites for hydroxylation is 1. The third kappa shape index (κ3) is 4.21. The van der Waals surface area contributed by atoms with Crippen molar-refractivity contribution < 1.29 is 14.7 Å². The molecule has 110 valence electrons. The molecule has 1 saturated carbocycles. The fourth-order valence-electron chi connectivity index (χ4n) is 2.77. The van der Waals surface area contributed by atoms with Gasteiger partial charge in [-0.05, 0) is 31.4 Å². The third-order valence-corrected chi connectivity index (χ3v) is 4.97. The van der Waals surface area contributed by atoms with Crippen molar-refractivity contribution in [3.8, 4) is 0 Å². The summed E-state index contributed by atoms with van der Waals surface area (Å²) in [5.74, 6) is -0.921. The first-order valence-corrected chi connectivity index (χ1v) is 7.96. The molecule has 2 rings (SSSR count). The van der Waals surface area contributed by atoms with Gasteiger partial charge < -0.3 is 10.4 Å². The number of thiophene rings is 1. The predicted octanol–water partition coefficient (Wildman–Crippen LogP) is 3.24. The van der Waals surface area contributed by atoms with Crippen LogP contribution >= 0.6 is 22.9 Å². The standard InChI is InChI=1S/C14H18ClNO3S/c15-11-5-3-10(20-11)4-6-12(17)16-14(9-13(18)19)7-1-2-8-14/h3,5H,1-2,4,6-9H2,(H,16,17)(H,18,19). The SMILES string of the molecule is O=C(O)CC1(NC(=O)CCc2ccc(Cl)s2)CCCC1. The van der Waals surface area contributed by atoms with E-state index in [0.29, 0.717) is 12.8 Å². The Bertz CT molecular complexity index is 494. The summed E-state index contributed by atoms with van der Waals surface area (Å²) in [5.41, 5.74) is -0.532. The maximum atomic E-state index is 12.0. The first-order valence-electron chi connectivity index (χ1n) is 6.76. The van der Waals surface area contributed by atoms with Crippen molar-refractivity contribution >= 4 is 34.8 Å². The number of amides is 1. The van der Waals surface area contributed by atoms with Gasteiger partial charge in [-0.25, -0.2) is 0 Å². The first-order chi connectivity index (χ1) is 9.49. The molecule has 4 nitrogen and oxygen atoms in total. The maximum Gasteiger partial charge on any atom is 0.305 e. The number of hydrogen-bond acceptors (Lipinski definition) is 3. The van der Waals surface area contributed by atoms with E-state index in [4.69, 9.17) is 16.7 Å². The maximum absolute atomic E-state index is 12.0. The van der Waals surface area contributed by atoms with Crippen LogP contribution in [-0.2, 0) is 16.0 Å². The molecule has 20 heavy (non-hydrogen) atoms. The van der Waals surface area contributed by atoms with Crippen LogP contribution in [0.3, 0.4) is 0 Å². The molecule has 0 bridgehead atoms. The lowest BCUT2D eigenvalue weighted by Gasteiger charge is -2.28. The molecule has 1 aromatic heterocycles. The van der Waals surface area contributed by atoms with Crippen molar-refractivity contribution in [3.05, 3.63) is 21.3 Å². The minimum atomic E-state index is -0.850. The molecule has 6 heteroatoms. The lowest BCUT2D eigenvalue weighted by Crippen LogP contribution is -2.47. The van der Waals surface area contributed by atoms with Crippen molar-refractivity contribution in [1.29, 1.82) is 0 Å². The van der Waals surface area contributed by atoms with Gasteiger partial charge in [0.15, 0.2) is 0 Å².